The predicted molar refractivity (Wildman–Crippen MR) is 82.7 cm³/mol. The molecule has 0 spiro atoms. The van der Waals surface area contributed by atoms with Crippen LogP contribution in [-0.4, -0.2) is 0 Å². The smallest absolute Gasteiger partial charge is 0.0502 e. The molecule has 0 radical (unpaired) electrons. The molecule has 0 saturated heterocycles. The molecule has 4 heteroatoms. The predicted octanol–water partition coefficient (Wildman–Crippen LogP) is 5.68. The third-order valence-electron chi connectivity index (χ3n) is 2.70. The molecule has 2 aromatic carbocycles. The van der Waals surface area contributed by atoms with Crippen LogP contribution in [-0.2, 0) is 6.54 Å². The molecule has 0 aliphatic heterocycles. The highest BCUT2D eigenvalue weighted by molar-refractivity contribution is 9.10. The molecule has 0 aliphatic rings. The monoisotopic (exact) mass is 343 g/mol. The van der Waals surface area contributed by atoms with E-state index in [9.17, 15) is 0 Å². The third-order valence-corrected chi connectivity index (χ3v) is 3.86. The number of nitrogens with one attached hydrogen (secondary N) is 1. The maximum atomic E-state index is 5.97. The van der Waals surface area contributed by atoms with E-state index in [2.05, 4.69) is 28.2 Å². The first-order valence-corrected chi connectivity index (χ1v) is 7.05. The van der Waals surface area contributed by atoms with E-state index in [4.69, 9.17) is 23.2 Å². The highest BCUT2D eigenvalue weighted by Gasteiger charge is 2.03. The Labute approximate surface area is 125 Å². The largest absolute Gasteiger partial charge is 0.380 e. The topological polar surface area (TPSA) is 12.0 Å². The van der Waals surface area contributed by atoms with Gasteiger partial charge in [0.25, 0.3) is 0 Å². The van der Waals surface area contributed by atoms with Crippen molar-refractivity contribution in [1.29, 1.82) is 0 Å². The molecule has 0 bridgehead atoms. The summed E-state index contributed by atoms with van der Waals surface area (Å²) < 4.78 is 0.999. The van der Waals surface area contributed by atoms with Crippen molar-refractivity contribution < 1.29 is 0 Å². The van der Waals surface area contributed by atoms with Gasteiger partial charge in [-0.25, -0.2) is 0 Å². The summed E-state index contributed by atoms with van der Waals surface area (Å²) in [4.78, 5) is 0. The summed E-state index contributed by atoms with van der Waals surface area (Å²) in [5, 5.41) is 4.84. The number of halogens is 3. The van der Waals surface area contributed by atoms with Crippen LogP contribution in [0.4, 0.5) is 5.69 Å². The van der Waals surface area contributed by atoms with Crippen LogP contribution in [0.3, 0.4) is 0 Å². The molecule has 0 aromatic heterocycles. The molecular weight excluding hydrogens is 333 g/mol. The van der Waals surface area contributed by atoms with Gasteiger partial charge in [0.05, 0.1) is 5.69 Å². The average Bonchev–Trinajstić information content (AvgIpc) is 2.32. The Hall–Kier alpha value is -0.700. The molecular formula is C14H12BrCl2N. The minimum absolute atomic E-state index is 0.716. The molecule has 0 aliphatic carbocycles. The highest BCUT2D eigenvalue weighted by Crippen LogP contribution is 2.26. The summed E-state index contributed by atoms with van der Waals surface area (Å²) in [6, 6.07) is 11.6. The van der Waals surface area contributed by atoms with E-state index in [1.165, 1.54) is 11.1 Å². The molecule has 0 saturated carbocycles. The van der Waals surface area contributed by atoms with Gasteiger partial charge in [-0.05, 0) is 64.3 Å². The minimum atomic E-state index is 0.716. The van der Waals surface area contributed by atoms with Crippen molar-refractivity contribution in [3.8, 4) is 0 Å². The van der Waals surface area contributed by atoms with Gasteiger partial charge in [0.2, 0.25) is 0 Å². The second-order valence-corrected chi connectivity index (χ2v) is 5.78. The number of rotatable bonds is 3. The Morgan fingerprint density at radius 1 is 1.06 bits per heavy atom. The van der Waals surface area contributed by atoms with Gasteiger partial charge in [-0.3, -0.25) is 0 Å². The summed E-state index contributed by atoms with van der Waals surface area (Å²) in [6.07, 6.45) is 0. The molecule has 18 heavy (non-hydrogen) atoms. The molecule has 0 atom stereocenters. The van der Waals surface area contributed by atoms with Crippen LogP contribution in [0.25, 0.3) is 0 Å². The number of aryl methyl sites for hydroxylation is 1. The van der Waals surface area contributed by atoms with Crippen molar-refractivity contribution in [2.24, 2.45) is 0 Å². The maximum Gasteiger partial charge on any atom is 0.0502 e. The van der Waals surface area contributed by atoms with E-state index in [1.54, 1.807) is 0 Å². The van der Waals surface area contributed by atoms with E-state index in [0.717, 1.165) is 21.7 Å². The number of benzene rings is 2. The van der Waals surface area contributed by atoms with Crippen LogP contribution in [0.15, 0.2) is 40.9 Å². The van der Waals surface area contributed by atoms with Crippen molar-refractivity contribution in [3.63, 3.8) is 0 Å². The fourth-order valence-electron chi connectivity index (χ4n) is 1.68. The van der Waals surface area contributed by atoms with Gasteiger partial charge in [-0.2, -0.15) is 0 Å². The maximum absolute atomic E-state index is 5.97. The first-order chi connectivity index (χ1) is 8.56. The first kappa shape index (κ1) is 13.7. The second kappa shape index (κ2) is 5.96. The third kappa shape index (κ3) is 3.41. The van der Waals surface area contributed by atoms with E-state index in [1.807, 2.05) is 36.4 Å². The lowest BCUT2D eigenvalue weighted by molar-refractivity contribution is 1.12. The SMILES string of the molecule is Cc1cc(Cl)ccc1CNc1cc(Cl)ccc1Br. The van der Waals surface area contributed by atoms with Crippen LogP contribution in [0.5, 0.6) is 0 Å². The Bertz CT molecular complexity index is 570. The van der Waals surface area contributed by atoms with Crippen LogP contribution < -0.4 is 5.32 Å². The fourth-order valence-corrected chi connectivity index (χ4v) is 2.47. The zero-order chi connectivity index (χ0) is 13.1. The van der Waals surface area contributed by atoms with Crippen LogP contribution >= 0.6 is 39.1 Å². The van der Waals surface area contributed by atoms with E-state index in [0.29, 0.717) is 5.02 Å². The normalized spacial score (nSPS) is 10.4. The van der Waals surface area contributed by atoms with Crippen molar-refractivity contribution in [2.75, 3.05) is 5.32 Å². The fraction of sp³-hybridized carbons (Fsp3) is 0.143. The molecule has 1 nitrogen and oxygen atoms in total. The molecule has 0 unspecified atom stereocenters. The van der Waals surface area contributed by atoms with Crippen LogP contribution in [0.2, 0.25) is 10.0 Å². The Morgan fingerprint density at radius 3 is 2.44 bits per heavy atom. The van der Waals surface area contributed by atoms with E-state index >= 15 is 0 Å². The van der Waals surface area contributed by atoms with Gasteiger partial charge in [0, 0.05) is 21.1 Å². The summed E-state index contributed by atoms with van der Waals surface area (Å²) in [7, 11) is 0. The Kier molecular flexibility index (Phi) is 4.55. The molecule has 0 amide bonds. The molecule has 1 N–H and O–H groups in total. The minimum Gasteiger partial charge on any atom is -0.380 e. The number of anilines is 1. The van der Waals surface area contributed by atoms with Gasteiger partial charge in [-0.1, -0.05) is 29.3 Å². The van der Waals surface area contributed by atoms with Gasteiger partial charge < -0.3 is 5.32 Å². The van der Waals surface area contributed by atoms with Gasteiger partial charge in [-0.15, -0.1) is 0 Å². The van der Waals surface area contributed by atoms with Crippen LogP contribution in [0, 0.1) is 6.92 Å². The molecule has 2 aromatic rings. The molecule has 0 heterocycles. The number of hydrogen-bond donors (Lipinski definition) is 1. The zero-order valence-corrected chi connectivity index (χ0v) is 12.9. The zero-order valence-electron chi connectivity index (χ0n) is 9.81. The lowest BCUT2D eigenvalue weighted by Gasteiger charge is -2.11. The average molecular weight is 345 g/mol. The lowest BCUT2D eigenvalue weighted by atomic mass is 10.1. The van der Waals surface area contributed by atoms with Crippen LogP contribution in [0.1, 0.15) is 11.1 Å². The summed E-state index contributed by atoms with van der Waals surface area (Å²) in [5.74, 6) is 0. The quantitative estimate of drug-likeness (QED) is 0.755. The van der Waals surface area contributed by atoms with Crippen molar-refractivity contribution >= 4 is 44.8 Å². The van der Waals surface area contributed by atoms with Crippen molar-refractivity contribution in [2.45, 2.75) is 13.5 Å². The van der Waals surface area contributed by atoms with Crippen molar-refractivity contribution in [1.82, 2.24) is 0 Å². The Balaban J connectivity index is 2.13. The standard InChI is InChI=1S/C14H12BrCl2N/c1-9-6-11(16)3-2-10(9)8-18-14-7-12(17)4-5-13(14)15/h2-7,18H,8H2,1H3. The summed E-state index contributed by atoms with van der Waals surface area (Å²) >= 11 is 15.4. The van der Waals surface area contributed by atoms with Gasteiger partial charge >= 0.3 is 0 Å². The second-order valence-electron chi connectivity index (χ2n) is 4.05. The van der Waals surface area contributed by atoms with Gasteiger partial charge in [0.15, 0.2) is 0 Å². The van der Waals surface area contributed by atoms with E-state index < -0.39 is 0 Å². The molecule has 94 valence electrons. The lowest BCUT2D eigenvalue weighted by Crippen LogP contribution is -2.01. The highest BCUT2D eigenvalue weighted by atomic mass is 79.9. The summed E-state index contributed by atoms with van der Waals surface area (Å²) in [6.45, 7) is 2.79. The van der Waals surface area contributed by atoms with Crippen molar-refractivity contribution in [3.05, 3.63) is 62.0 Å². The van der Waals surface area contributed by atoms with Gasteiger partial charge in [0.1, 0.15) is 0 Å². The first-order valence-electron chi connectivity index (χ1n) is 5.50. The van der Waals surface area contributed by atoms with E-state index in [-0.39, 0.29) is 0 Å². The number of hydrogen-bond acceptors (Lipinski definition) is 1. The molecule has 0 fully saturated rings. The molecule has 2 rings (SSSR count). The Morgan fingerprint density at radius 2 is 1.72 bits per heavy atom. The summed E-state index contributed by atoms with van der Waals surface area (Å²) in [5.41, 5.74) is 3.37.